The number of unbranched alkanes of at least 4 members (excludes halogenated alkanes) is 1. The molecule has 2 saturated heterocycles. The molecule has 470 valence electrons. The molecule has 87 heavy (non-hydrogen) atoms. The van der Waals surface area contributed by atoms with Crippen molar-refractivity contribution in [2.45, 2.75) is 70.5 Å². The number of likely N-dealkylation sites (N-methyl/N-ethyl adjacent to an activating group) is 2. The van der Waals surface area contributed by atoms with Crippen molar-refractivity contribution in [2.24, 2.45) is 13.0 Å². The van der Waals surface area contributed by atoms with Crippen LogP contribution in [-0.2, 0) is 72.7 Å². The van der Waals surface area contributed by atoms with Crippen molar-refractivity contribution in [3.05, 3.63) is 130 Å². The van der Waals surface area contributed by atoms with Gasteiger partial charge in [0.15, 0.2) is 11.2 Å². The van der Waals surface area contributed by atoms with Crippen molar-refractivity contribution >= 4 is 57.5 Å². The highest BCUT2D eigenvalue weighted by Gasteiger charge is 2.35. The molecule has 2 aliphatic rings. The van der Waals surface area contributed by atoms with Gasteiger partial charge >= 0.3 is 6.03 Å². The van der Waals surface area contributed by atoms with Crippen molar-refractivity contribution in [2.75, 3.05) is 137 Å². The number of rotatable bonds is 36. The maximum absolute atomic E-state index is 14.2. The van der Waals surface area contributed by atoms with Gasteiger partial charge in [0, 0.05) is 107 Å². The lowest BCUT2D eigenvalue weighted by atomic mass is 9.97. The number of aromatic nitrogens is 6. The number of nitrogens with zero attached hydrogens (tertiary/aromatic N) is 10. The first-order chi connectivity index (χ1) is 42.4. The predicted molar refractivity (Wildman–Crippen MR) is 332 cm³/mol. The van der Waals surface area contributed by atoms with Crippen molar-refractivity contribution in [3.63, 3.8) is 0 Å². The largest absolute Gasteiger partial charge is 0.494 e. The normalized spacial score (nSPS) is 14.2. The number of aryl methyl sites for hydroxylation is 2. The van der Waals surface area contributed by atoms with E-state index in [2.05, 4.69) is 53.1 Å². The fourth-order valence-corrected chi connectivity index (χ4v) is 10.6. The average molecular weight is 1240 g/mol. The number of amides is 5. The number of anilines is 2. The van der Waals surface area contributed by atoms with Crippen LogP contribution in [0.4, 0.5) is 15.6 Å². The molecule has 0 bridgehead atoms. The van der Waals surface area contributed by atoms with Gasteiger partial charge in [0.2, 0.25) is 17.7 Å². The van der Waals surface area contributed by atoms with E-state index in [9.17, 15) is 19.2 Å². The standard InChI is InChI=1S/C62H84ClN13O10S/c1-71(23-4-5-30-85-54-15-8-47(9-16-54)10-19-57(77)76(42-49-20-31-81-32-21-49)59(56-44-73(3)46-65-56)60(79)64-41-48-6-11-50(63)12-7-48)28-34-83-37-36-82-33-22-52-43-75(70-69-52)29-35-84-38-39-86-55-17-13-51(14-18-55)66-61(80)68-62-67-53(45-87-62)40-58(78)74-26-24-72(2)25-27-74/h6-9,11-18,43-46,49,59H,4-5,10,19-42H2,1-3H3,(H,64,79)(H2,66,67,68,80). The summed E-state index contributed by atoms with van der Waals surface area (Å²) in [5.41, 5.74) is 4.52. The smallest absolute Gasteiger partial charge is 0.325 e. The third-order valence-corrected chi connectivity index (χ3v) is 16.0. The molecule has 0 aliphatic carbocycles. The Morgan fingerprint density at radius 2 is 1.46 bits per heavy atom. The van der Waals surface area contributed by atoms with Crippen LogP contribution in [0.3, 0.4) is 0 Å². The molecule has 5 heterocycles. The van der Waals surface area contributed by atoms with E-state index in [-0.39, 0.29) is 36.5 Å². The molecule has 6 aromatic rings. The lowest BCUT2D eigenvalue weighted by molar-refractivity contribution is -0.142. The summed E-state index contributed by atoms with van der Waals surface area (Å²) in [5, 5.41) is 19.9. The number of hydrogen-bond donors (Lipinski definition) is 3. The zero-order chi connectivity index (χ0) is 61.0. The quantitative estimate of drug-likeness (QED) is 0.0344. The number of urea groups is 1. The number of benzene rings is 3. The number of carbonyl (C=O) groups is 4. The Morgan fingerprint density at radius 1 is 0.759 bits per heavy atom. The molecule has 0 spiro atoms. The van der Waals surface area contributed by atoms with Crippen molar-refractivity contribution in [1.29, 1.82) is 0 Å². The second-order valence-corrected chi connectivity index (χ2v) is 23.1. The highest BCUT2D eigenvalue weighted by Crippen LogP contribution is 2.27. The van der Waals surface area contributed by atoms with Crippen LogP contribution < -0.4 is 25.4 Å². The van der Waals surface area contributed by atoms with Crippen LogP contribution in [0.15, 0.2) is 96.9 Å². The Kier molecular flexibility index (Phi) is 27.1. The molecular formula is C62H84ClN13O10S. The molecule has 0 radical (unpaired) electrons. The number of thiazole rings is 1. The molecular weight excluding hydrogens is 1150 g/mol. The SMILES string of the molecule is CN(CCCCOc1ccc(CCC(=O)N(CC2CCOCC2)C(C(=O)NCc2ccc(Cl)cc2)c2cn(C)cn2)cc1)CCOCCOCCc1cn(CCOCCOc2ccc(NC(=O)Nc3nc(CC(=O)N4CCN(C)CC4)cs3)cc2)nn1. The molecule has 25 heteroatoms. The summed E-state index contributed by atoms with van der Waals surface area (Å²) < 4.78 is 38.4. The topological polar surface area (TPSA) is 234 Å². The average Bonchev–Trinajstić information content (AvgIpc) is 3.34. The molecule has 2 fully saturated rings. The number of hydrogen-bond acceptors (Lipinski definition) is 17. The monoisotopic (exact) mass is 1240 g/mol. The van der Waals surface area contributed by atoms with Crippen LogP contribution >= 0.6 is 22.9 Å². The van der Waals surface area contributed by atoms with Gasteiger partial charge < -0.3 is 63.2 Å². The molecule has 8 rings (SSSR count). The van der Waals surface area contributed by atoms with Crippen LogP contribution in [-0.4, -0.2) is 199 Å². The Morgan fingerprint density at radius 3 is 2.21 bits per heavy atom. The third kappa shape index (κ3) is 23.2. The van der Waals surface area contributed by atoms with Gasteiger partial charge in [0.25, 0.3) is 0 Å². The summed E-state index contributed by atoms with van der Waals surface area (Å²) in [6.45, 7) is 11.4. The van der Waals surface area contributed by atoms with Gasteiger partial charge in [0.05, 0.1) is 82.6 Å². The number of imidazole rings is 1. The lowest BCUT2D eigenvalue weighted by Gasteiger charge is -2.34. The Labute approximate surface area is 518 Å². The predicted octanol–water partition coefficient (Wildman–Crippen LogP) is 6.79. The molecule has 3 aromatic carbocycles. The molecule has 23 nitrogen and oxygen atoms in total. The van der Waals surface area contributed by atoms with Gasteiger partial charge in [-0.25, -0.2) is 19.4 Å². The Bertz CT molecular complexity index is 3010. The molecule has 0 saturated carbocycles. The lowest BCUT2D eigenvalue weighted by Crippen LogP contribution is -2.47. The van der Waals surface area contributed by atoms with Gasteiger partial charge in [-0.1, -0.05) is 41.1 Å². The molecule has 1 atom stereocenters. The number of carbonyl (C=O) groups excluding carboxylic acids is 4. The summed E-state index contributed by atoms with van der Waals surface area (Å²) in [5.74, 6) is 1.31. The van der Waals surface area contributed by atoms with E-state index in [1.165, 1.54) is 11.3 Å². The Hall–Kier alpha value is -7.03. The first-order valence-corrected chi connectivity index (χ1v) is 31.3. The minimum Gasteiger partial charge on any atom is -0.494 e. The first kappa shape index (κ1) is 65.9. The van der Waals surface area contributed by atoms with Crippen LogP contribution in [0.25, 0.3) is 0 Å². The third-order valence-electron chi connectivity index (χ3n) is 14.9. The number of halogens is 1. The fourth-order valence-electron chi connectivity index (χ4n) is 9.81. The molecule has 3 N–H and O–H groups in total. The highest BCUT2D eigenvalue weighted by atomic mass is 35.5. The van der Waals surface area contributed by atoms with E-state index in [0.717, 1.165) is 74.4 Å². The van der Waals surface area contributed by atoms with Crippen molar-refractivity contribution < 1.29 is 47.6 Å². The van der Waals surface area contributed by atoms with E-state index < -0.39 is 12.1 Å². The van der Waals surface area contributed by atoms with E-state index in [0.29, 0.717) is 145 Å². The van der Waals surface area contributed by atoms with E-state index in [1.807, 2.05) is 67.8 Å². The highest BCUT2D eigenvalue weighted by molar-refractivity contribution is 7.14. The summed E-state index contributed by atoms with van der Waals surface area (Å²) >= 11 is 7.38. The number of nitrogens with one attached hydrogen (secondary N) is 3. The van der Waals surface area contributed by atoms with Crippen LogP contribution in [0.2, 0.25) is 5.02 Å². The van der Waals surface area contributed by atoms with Gasteiger partial charge in [-0.05, 0) is 118 Å². The summed E-state index contributed by atoms with van der Waals surface area (Å²) in [6, 6.07) is 21.0. The minimum absolute atomic E-state index is 0.0459. The van der Waals surface area contributed by atoms with Gasteiger partial charge in [-0.15, -0.1) is 16.4 Å². The van der Waals surface area contributed by atoms with E-state index in [4.69, 9.17) is 40.0 Å². The maximum Gasteiger partial charge on any atom is 0.325 e. The molecule has 3 aromatic heterocycles. The van der Waals surface area contributed by atoms with Crippen LogP contribution in [0, 0.1) is 5.92 Å². The van der Waals surface area contributed by atoms with Gasteiger partial charge in [-0.3, -0.25) is 19.7 Å². The fraction of sp³-hybridized carbons (Fsp3) is 0.516. The maximum atomic E-state index is 14.2. The second kappa shape index (κ2) is 35.7. The van der Waals surface area contributed by atoms with Gasteiger partial charge in [-0.2, -0.15) is 0 Å². The van der Waals surface area contributed by atoms with Crippen molar-refractivity contribution in [1.82, 2.24) is 54.4 Å². The van der Waals surface area contributed by atoms with Crippen molar-refractivity contribution in [3.8, 4) is 11.5 Å². The number of ether oxygens (including phenoxy) is 6. The molecule has 2 aliphatic heterocycles. The zero-order valence-corrected chi connectivity index (χ0v) is 51.9. The van der Waals surface area contributed by atoms with E-state index >= 15 is 0 Å². The van der Waals surface area contributed by atoms with Crippen LogP contribution in [0.5, 0.6) is 11.5 Å². The van der Waals surface area contributed by atoms with E-state index in [1.54, 1.807) is 62.3 Å². The molecule has 1 unspecified atom stereocenters. The summed E-state index contributed by atoms with van der Waals surface area (Å²) in [7, 11) is 6.00. The summed E-state index contributed by atoms with van der Waals surface area (Å²) in [6.07, 6.45) is 10.5. The second-order valence-electron chi connectivity index (χ2n) is 21.8. The minimum atomic E-state index is -0.885. The van der Waals surface area contributed by atoms with Gasteiger partial charge in [0.1, 0.15) is 18.1 Å². The molecule has 5 amide bonds. The Balaban J connectivity index is 0.613. The van der Waals surface area contributed by atoms with Crippen LogP contribution in [0.1, 0.15) is 66.4 Å². The summed E-state index contributed by atoms with van der Waals surface area (Å²) in [4.78, 5) is 70.6. The number of piperazine rings is 1. The zero-order valence-electron chi connectivity index (χ0n) is 50.3. The first-order valence-electron chi connectivity index (χ1n) is 30.0.